The van der Waals surface area contributed by atoms with E-state index in [-0.39, 0.29) is 5.78 Å². The summed E-state index contributed by atoms with van der Waals surface area (Å²) in [5, 5.41) is 5.34. The molecule has 1 aromatic heterocycles. The van der Waals surface area contributed by atoms with E-state index < -0.39 is 0 Å². The van der Waals surface area contributed by atoms with Crippen molar-refractivity contribution < 1.29 is 4.79 Å². The van der Waals surface area contributed by atoms with Crippen LogP contribution >= 0.6 is 0 Å². The van der Waals surface area contributed by atoms with E-state index in [9.17, 15) is 4.79 Å². The number of carbonyl (C=O) groups is 1. The Kier molecular flexibility index (Phi) is 1.88. The monoisotopic (exact) mass is 188 g/mol. The van der Waals surface area contributed by atoms with Gasteiger partial charge in [0.05, 0.1) is 5.52 Å². The van der Waals surface area contributed by atoms with Crippen molar-refractivity contribution in [1.29, 1.82) is 0 Å². The highest BCUT2D eigenvalue weighted by Crippen LogP contribution is 2.19. The highest BCUT2D eigenvalue weighted by molar-refractivity contribution is 5.98. The number of Topliss-reactive ketones (excluding diaryl/α,β-unsaturated/α-hetero) is 1. The quantitative estimate of drug-likeness (QED) is 0.642. The molecule has 0 atom stereocenters. The van der Waals surface area contributed by atoms with Crippen molar-refractivity contribution in [3.05, 3.63) is 29.5 Å². The van der Waals surface area contributed by atoms with Gasteiger partial charge in [-0.05, 0) is 31.5 Å². The average molecular weight is 188 g/mol. The Balaban J connectivity index is 2.77. The normalized spacial score (nSPS) is 10.8. The molecule has 0 aliphatic heterocycles. The minimum Gasteiger partial charge on any atom is -0.295 e. The van der Waals surface area contributed by atoms with E-state index in [1.54, 1.807) is 11.6 Å². The molecule has 2 rings (SSSR count). The maximum atomic E-state index is 11.2. The van der Waals surface area contributed by atoms with Crippen molar-refractivity contribution in [1.82, 2.24) is 9.78 Å². The van der Waals surface area contributed by atoms with Gasteiger partial charge in [0, 0.05) is 24.2 Å². The van der Waals surface area contributed by atoms with Gasteiger partial charge in [-0.2, -0.15) is 5.10 Å². The van der Waals surface area contributed by atoms with Crippen molar-refractivity contribution in [3.63, 3.8) is 0 Å². The summed E-state index contributed by atoms with van der Waals surface area (Å²) in [6.07, 6.45) is 1.93. The minimum absolute atomic E-state index is 0.0962. The summed E-state index contributed by atoms with van der Waals surface area (Å²) >= 11 is 0. The van der Waals surface area contributed by atoms with E-state index in [1.165, 1.54) is 0 Å². The van der Waals surface area contributed by atoms with Gasteiger partial charge in [0.25, 0.3) is 0 Å². The summed E-state index contributed by atoms with van der Waals surface area (Å²) in [5.74, 6) is 0.0962. The summed E-state index contributed by atoms with van der Waals surface area (Å²) in [5.41, 5.74) is 2.77. The first-order valence-electron chi connectivity index (χ1n) is 4.53. The molecule has 0 N–H and O–H groups in total. The molecule has 0 radical (unpaired) electrons. The summed E-state index contributed by atoms with van der Waals surface area (Å²) in [6, 6.07) is 3.77. The Labute approximate surface area is 82.3 Å². The molecule has 1 heterocycles. The fraction of sp³-hybridized carbons (Fsp3) is 0.273. The first-order chi connectivity index (χ1) is 6.58. The number of hydrogen-bond acceptors (Lipinski definition) is 2. The first-order valence-corrected chi connectivity index (χ1v) is 4.53. The van der Waals surface area contributed by atoms with Gasteiger partial charge in [-0.25, -0.2) is 0 Å². The molecule has 0 unspecified atom stereocenters. The van der Waals surface area contributed by atoms with Gasteiger partial charge < -0.3 is 0 Å². The van der Waals surface area contributed by atoms with E-state index in [0.717, 1.165) is 22.0 Å². The van der Waals surface area contributed by atoms with E-state index in [4.69, 9.17) is 0 Å². The maximum Gasteiger partial charge on any atom is 0.159 e. The third-order valence-corrected chi connectivity index (χ3v) is 2.32. The van der Waals surface area contributed by atoms with Crippen molar-refractivity contribution in [2.45, 2.75) is 13.8 Å². The molecule has 0 saturated heterocycles. The van der Waals surface area contributed by atoms with E-state index in [0.29, 0.717) is 0 Å². The highest BCUT2D eigenvalue weighted by atomic mass is 16.1. The Morgan fingerprint density at radius 1 is 1.43 bits per heavy atom. The third kappa shape index (κ3) is 1.31. The second kappa shape index (κ2) is 2.94. The molecule has 0 aliphatic rings. The molecule has 14 heavy (non-hydrogen) atoms. The SMILES string of the molecule is CC(=O)c1cc(C)c2nn(C)cc2c1. The fourth-order valence-electron chi connectivity index (χ4n) is 1.63. The van der Waals surface area contributed by atoms with Crippen LogP contribution in [0.2, 0.25) is 0 Å². The molecule has 0 aliphatic carbocycles. The van der Waals surface area contributed by atoms with Crippen molar-refractivity contribution in [2.24, 2.45) is 7.05 Å². The first kappa shape index (κ1) is 8.94. The Bertz CT molecular complexity index is 511. The van der Waals surface area contributed by atoms with Crippen LogP contribution in [0, 0.1) is 6.92 Å². The molecule has 72 valence electrons. The van der Waals surface area contributed by atoms with Gasteiger partial charge in [0.15, 0.2) is 5.78 Å². The summed E-state index contributed by atoms with van der Waals surface area (Å²) in [6.45, 7) is 3.55. The van der Waals surface area contributed by atoms with Crippen LogP contribution in [0.25, 0.3) is 10.9 Å². The number of fused-ring (bicyclic) bond motifs is 1. The lowest BCUT2D eigenvalue weighted by molar-refractivity contribution is 0.101. The van der Waals surface area contributed by atoms with Crippen LogP contribution in [0.4, 0.5) is 0 Å². The van der Waals surface area contributed by atoms with E-state index in [1.807, 2.05) is 32.3 Å². The van der Waals surface area contributed by atoms with Gasteiger partial charge in [0.1, 0.15) is 0 Å². The Morgan fingerprint density at radius 3 is 2.79 bits per heavy atom. The van der Waals surface area contributed by atoms with E-state index in [2.05, 4.69) is 5.10 Å². The second-order valence-electron chi connectivity index (χ2n) is 3.59. The molecule has 1 aromatic carbocycles. The number of nitrogens with zero attached hydrogens (tertiary/aromatic N) is 2. The van der Waals surface area contributed by atoms with Crippen LogP contribution in [-0.4, -0.2) is 15.6 Å². The molecule has 0 fully saturated rings. The lowest BCUT2D eigenvalue weighted by Crippen LogP contribution is -1.92. The largest absolute Gasteiger partial charge is 0.295 e. The van der Waals surface area contributed by atoms with Gasteiger partial charge in [0.2, 0.25) is 0 Å². The molecule has 3 nitrogen and oxygen atoms in total. The number of ketones is 1. The molecule has 0 bridgehead atoms. The topological polar surface area (TPSA) is 34.9 Å². The zero-order valence-electron chi connectivity index (χ0n) is 8.53. The summed E-state index contributed by atoms with van der Waals surface area (Å²) in [7, 11) is 1.88. The number of rotatable bonds is 1. The van der Waals surface area contributed by atoms with E-state index >= 15 is 0 Å². The van der Waals surface area contributed by atoms with Crippen LogP contribution < -0.4 is 0 Å². The number of carbonyl (C=O) groups excluding carboxylic acids is 1. The fourth-order valence-corrected chi connectivity index (χ4v) is 1.63. The smallest absolute Gasteiger partial charge is 0.159 e. The Hall–Kier alpha value is -1.64. The third-order valence-electron chi connectivity index (χ3n) is 2.32. The molecule has 0 saturated carbocycles. The molecule has 0 spiro atoms. The maximum absolute atomic E-state index is 11.2. The molecular weight excluding hydrogens is 176 g/mol. The zero-order chi connectivity index (χ0) is 10.3. The van der Waals surface area contributed by atoms with Gasteiger partial charge in [-0.1, -0.05) is 0 Å². The average Bonchev–Trinajstić information content (AvgIpc) is 2.45. The number of aromatic nitrogens is 2. The lowest BCUT2D eigenvalue weighted by Gasteiger charge is -1.98. The van der Waals surface area contributed by atoms with Crippen LogP contribution in [0.1, 0.15) is 22.8 Å². The zero-order valence-corrected chi connectivity index (χ0v) is 8.53. The lowest BCUT2D eigenvalue weighted by atomic mass is 10.1. The van der Waals surface area contributed by atoms with Crippen LogP contribution in [0.5, 0.6) is 0 Å². The van der Waals surface area contributed by atoms with Crippen molar-refractivity contribution >= 4 is 16.7 Å². The predicted octanol–water partition coefficient (Wildman–Crippen LogP) is 2.08. The number of hydrogen-bond donors (Lipinski definition) is 0. The molecule has 0 amide bonds. The van der Waals surface area contributed by atoms with Crippen molar-refractivity contribution in [3.8, 4) is 0 Å². The Morgan fingerprint density at radius 2 is 2.14 bits per heavy atom. The van der Waals surface area contributed by atoms with Crippen molar-refractivity contribution in [2.75, 3.05) is 0 Å². The summed E-state index contributed by atoms with van der Waals surface area (Å²) < 4.78 is 1.77. The second-order valence-corrected chi connectivity index (χ2v) is 3.59. The minimum atomic E-state index is 0.0962. The molecule has 3 heteroatoms. The summed E-state index contributed by atoms with van der Waals surface area (Å²) in [4.78, 5) is 11.2. The predicted molar refractivity (Wildman–Crippen MR) is 55.5 cm³/mol. The van der Waals surface area contributed by atoms with Gasteiger partial charge in [-0.3, -0.25) is 9.48 Å². The number of aryl methyl sites for hydroxylation is 2. The highest BCUT2D eigenvalue weighted by Gasteiger charge is 2.06. The van der Waals surface area contributed by atoms with Crippen LogP contribution in [-0.2, 0) is 7.05 Å². The van der Waals surface area contributed by atoms with Crippen LogP contribution in [0.15, 0.2) is 18.3 Å². The van der Waals surface area contributed by atoms with Crippen LogP contribution in [0.3, 0.4) is 0 Å². The number of benzene rings is 1. The van der Waals surface area contributed by atoms with Gasteiger partial charge in [-0.15, -0.1) is 0 Å². The molecular formula is C11H12N2O. The molecule has 2 aromatic rings. The standard InChI is InChI=1S/C11H12N2O/c1-7-4-9(8(2)14)5-10-6-13(3)12-11(7)10/h4-6H,1-3H3. The van der Waals surface area contributed by atoms with Gasteiger partial charge >= 0.3 is 0 Å².